The van der Waals surface area contributed by atoms with Gasteiger partial charge in [-0.15, -0.1) is 0 Å². The van der Waals surface area contributed by atoms with Crippen LogP contribution in [0.2, 0.25) is 0 Å². The molecule has 0 unspecified atom stereocenters. The summed E-state index contributed by atoms with van der Waals surface area (Å²) < 4.78 is 18.8. The molecule has 0 aliphatic heterocycles. The summed E-state index contributed by atoms with van der Waals surface area (Å²) in [5.74, 6) is 5.25. The van der Waals surface area contributed by atoms with Crippen LogP contribution in [0.15, 0.2) is 40.3 Å². The molecule has 92 valence electrons. The van der Waals surface area contributed by atoms with Gasteiger partial charge in [0.25, 0.3) is 5.22 Å². The molecule has 0 aliphatic carbocycles. The van der Waals surface area contributed by atoms with E-state index >= 15 is 0 Å². The number of aliphatic hydroxyl groups is 1. The molecule has 0 radical (unpaired) electrons. The van der Waals surface area contributed by atoms with Gasteiger partial charge in [-0.1, -0.05) is 29.7 Å². The van der Waals surface area contributed by atoms with Crippen molar-refractivity contribution >= 4 is 11.8 Å². The van der Waals surface area contributed by atoms with Crippen LogP contribution in [0.3, 0.4) is 0 Å². The van der Waals surface area contributed by atoms with Crippen LogP contribution in [-0.4, -0.2) is 16.7 Å². The number of oxazole rings is 1. The fraction of sp³-hybridized carbons (Fsp3) is 0.154. The Hall–Kier alpha value is -1.77. The smallest absolute Gasteiger partial charge is 0.255 e. The van der Waals surface area contributed by atoms with Crippen molar-refractivity contribution in [3.05, 3.63) is 47.6 Å². The second kappa shape index (κ2) is 6.24. The van der Waals surface area contributed by atoms with Gasteiger partial charge in [0.05, 0.1) is 6.20 Å². The minimum Gasteiger partial charge on any atom is -0.440 e. The average Bonchev–Trinajstić information content (AvgIpc) is 2.88. The first-order valence-corrected chi connectivity index (χ1v) is 6.18. The third kappa shape index (κ3) is 3.36. The highest BCUT2D eigenvalue weighted by Crippen LogP contribution is 2.22. The van der Waals surface area contributed by atoms with E-state index in [2.05, 4.69) is 16.8 Å². The largest absolute Gasteiger partial charge is 0.440 e. The Labute approximate surface area is 108 Å². The molecule has 1 aromatic heterocycles. The van der Waals surface area contributed by atoms with Crippen LogP contribution in [-0.2, 0) is 5.75 Å². The van der Waals surface area contributed by atoms with Crippen molar-refractivity contribution < 1.29 is 13.9 Å². The van der Waals surface area contributed by atoms with Crippen LogP contribution in [0.4, 0.5) is 4.39 Å². The van der Waals surface area contributed by atoms with Crippen molar-refractivity contribution in [2.45, 2.75) is 11.0 Å². The second-order valence-corrected chi connectivity index (χ2v) is 4.28. The summed E-state index contributed by atoms with van der Waals surface area (Å²) in [5, 5.41) is 9.07. The molecule has 0 saturated heterocycles. The van der Waals surface area contributed by atoms with E-state index < -0.39 is 0 Å². The first-order chi connectivity index (χ1) is 8.79. The molecular weight excluding hydrogens is 253 g/mol. The lowest BCUT2D eigenvalue weighted by Gasteiger charge is -2.01. The van der Waals surface area contributed by atoms with E-state index in [0.717, 1.165) is 0 Å². The van der Waals surface area contributed by atoms with Crippen LogP contribution >= 0.6 is 11.8 Å². The number of hydrogen-bond donors (Lipinski definition) is 1. The van der Waals surface area contributed by atoms with Crippen LogP contribution in [0.5, 0.6) is 0 Å². The van der Waals surface area contributed by atoms with Gasteiger partial charge in [0.2, 0.25) is 0 Å². The number of hydrogen-bond acceptors (Lipinski definition) is 4. The van der Waals surface area contributed by atoms with Crippen molar-refractivity contribution in [1.82, 2.24) is 4.98 Å². The number of rotatable bonds is 3. The Morgan fingerprint density at radius 3 is 3.00 bits per heavy atom. The van der Waals surface area contributed by atoms with Crippen molar-refractivity contribution in [3.8, 4) is 11.8 Å². The first-order valence-electron chi connectivity index (χ1n) is 5.20. The zero-order chi connectivity index (χ0) is 12.8. The Kier molecular flexibility index (Phi) is 4.40. The minimum absolute atomic E-state index is 0.233. The molecule has 0 spiro atoms. The lowest BCUT2D eigenvalue weighted by Crippen LogP contribution is -1.89. The number of aromatic nitrogens is 1. The third-order valence-electron chi connectivity index (χ3n) is 2.13. The standard InChI is InChI=1S/C13H10FNO2S/c14-12-8-10(2-1-6-16)3-4-11(12)9-18-13-15-5-7-17-13/h3-5,7-8,16H,6,9H2. The van der Waals surface area contributed by atoms with E-state index in [4.69, 9.17) is 9.52 Å². The Bertz CT molecular complexity index is 572. The van der Waals surface area contributed by atoms with Gasteiger partial charge in [-0.25, -0.2) is 9.37 Å². The normalized spacial score (nSPS) is 9.89. The summed E-state index contributed by atoms with van der Waals surface area (Å²) in [6.45, 7) is -0.233. The monoisotopic (exact) mass is 263 g/mol. The van der Waals surface area contributed by atoms with Crippen LogP contribution in [0.25, 0.3) is 0 Å². The molecule has 18 heavy (non-hydrogen) atoms. The molecule has 2 rings (SSSR count). The van der Waals surface area contributed by atoms with Crippen molar-refractivity contribution in [2.75, 3.05) is 6.61 Å². The maximum atomic E-state index is 13.7. The van der Waals surface area contributed by atoms with E-state index in [1.54, 1.807) is 18.3 Å². The van der Waals surface area contributed by atoms with E-state index in [1.807, 2.05) is 0 Å². The molecular formula is C13H10FNO2S. The summed E-state index contributed by atoms with van der Waals surface area (Å²) in [6.07, 6.45) is 3.03. The highest BCUT2D eigenvalue weighted by molar-refractivity contribution is 7.98. The number of benzene rings is 1. The molecule has 0 fully saturated rings. The molecule has 1 heterocycles. The fourth-order valence-corrected chi connectivity index (χ4v) is 2.08. The number of nitrogens with zero attached hydrogens (tertiary/aromatic N) is 1. The van der Waals surface area contributed by atoms with Gasteiger partial charge in [0.1, 0.15) is 18.7 Å². The van der Waals surface area contributed by atoms with E-state index in [1.165, 1.54) is 24.1 Å². The Morgan fingerprint density at radius 2 is 2.33 bits per heavy atom. The predicted molar refractivity (Wildman–Crippen MR) is 66.4 cm³/mol. The summed E-state index contributed by atoms with van der Waals surface area (Å²) >= 11 is 1.32. The second-order valence-electron chi connectivity index (χ2n) is 3.35. The van der Waals surface area contributed by atoms with E-state index in [9.17, 15) is 4.39 Å². The molecule has 1 N–H and O–H groups in total. The summed E-state index contributed by atoms with van der Waals surface area (Å²) in [4.78, 5) is 3.94. The van der Waals surface area contributed by atoms with Gasteiger partial charge in [-0.3, -0.25) is 0 Å². The molecule has 5 heteroatoms. The summed E-state index contributed by atoms with van der Waals surface area (Å²) in [7, 11) is 0. The van der Waals surface area contributed by atoms with Gasteiger partial charge in [0, 0.05) is 11.3 Å². The zero-order valence-corrected chi connectivity index (χ0v) is 10.2. The molecule has 2 aromatic rings. The van der Waals surface area contributed by atoms with Crippen LogP contribution in [0, 0.1) is 17.7 Å². The summed E-state index contributed by atoms with van der Waals surface area (Å²) in [6, 6.07) is 4.75. The quantitative estimate of drug-likeness (QED) is 0.682. The molecule has 1 aromatic carbocycles. The number of aliphatic hydroxyl groups excluding tert-OH is 1. The number of thioether (sulfide) groups is 1. The zero-order valence-electron chi connectivity index (χ0n) is 9.39. The van der Waals surface area contributed by atoms with Crippen molar-refractivity contribution in [2.24, 2.45) is 0 Å². The molecule has 0 aliphatic rings. The lowest BCUT2D eigenvalue weighted by molar-refractivity contribution is 0.350. The van der Waals surface area contributed by atoms with Gasteiger partial charge in [-0.05, 0) is 17.7 Å². The summed E-state index contributed by atoms with van der Waals surface area (Å²) in [5.41, 5.74) is 1.11. The Balaban J connectivity index is 2.05. The van der Waals surface area contributed by atoms with Gasteiger partial charge in [-0.2, -0.15) is 0 Å². The van der Waals surface area contributed by atoms with Crippen LogP contribution in [0.1, 0.15) is 11.1 Å². The molecule has 0 amide bonds. The van der Waals surface area contributed by atoms with Gasteiger partial charge < -0.3 is 9.52 Å². The maximum absolute atomic E-state index is 13.7. The topological polar surface area (TPSA) is 46.3 Å². The SMILES string of the molecule is OCC#Cc1ccc(CSc2ncco2)c(F)c1. The maximum Gasteiger partial charge on any atom is 0.255 e. The first kappa shape index (κ1) is 12.7. The minimum atomic E-state index is -0.321. The molecule has 0 atom stereocenters. The lowest BCUT2D eigenvalue weighted by atomic mass is 10.1. The molecule has 3 nitrogen and oxygen atoms in total. The average molecular weight is 263 g/mol. The van der Waals surface area contributed by atoms with E-state index in [0.29, 0.717) is 22.1 Å². The molecule has 0 saturated carbocycles. The highest BCUT2D eigenvalue weighted by atomic mass is 32.2. The Morgan fingerprint density at radius 1 is 1.44 bits per heavy atom. The van der Waals surface area contributed by atoms with Crippen molar-refractivity contribution in [3.63, 3.8) is 0 Å². The predicted octanol–water partition coefficient (Wildman–Crippen LogP) is 2.45. The number of halogens is 1. The van der Waals surface area contributed by atoms with E-state index in [-0.39, 0.29) is 12.4 Å². The van der Waals surface area contributed by atoms with Gasteiger partial charge in [0.15, 0.2) is 0 Å². The third-order valence-corrected chi connectivity index (χ3v) is 3.03. The van der Waals surface area contributed by atoms with Crippen molar-refractivity contribution in [1.29, 1.82) is 0 Å². The van der Waals surface area contributed by atoms with Crippen LogP contribution < -0.4 is 0 Å². The fourth-order valence-electron chi connectivity index (χ4n) is 1.30. The van der Waals surface area contributed by atoms with Gasteiger partial charge >= 0.3 is 0 Å². The highest BCUT2D eigenvalue weighted by Gasteiger charge is 2.05. The molecule has 0 bridgehead atoms.